The smallest absolute Gasteiger partial charge is 0.459 e. The van der Waals surface area contributed by atoms with E-state index in [4.69, 9.17) is 24.3 Å². The maximum Gasteiger partial charge on any atom is 0.459 e. The fraction of sp³-hybridized carbons (Fsp3) is 0.455. The second-order valence-electron chi connectivity index (χ2n) is 8.87. The molecule has 4 rings (SSSR count). The number of aliphatic hydroxyl groups excluding tert-OH is 1. The van der Waals surface area contributed by atoms with Crippen LogP contribution in [-0.4, -0.2) is 73.3 Å². The summed E-state index contributed by atoms with van der Waals surface area (Å²) >= 11 is 0. The van der Waals surface area contributed by atoms with Crippen molar-refractivity contribution in [3.8, 4) is 5.75 Å². The van der Waals surface area contributed by atoms with E-state index < -0.39 is 63.1 Å². The number of hydrogen-bond acceptors (Lipinski definition) is 12. The van der Waals surface area contributed by atoms with E-state index in [2.05, 4.69) is 20.0 Å². The lowest BCUT2D eigenvalue weighted by Crippen LogP contribution is -2.47. The van der Waals surface area contributed by atoms with Gasteiger partial charge in [-0.25, -0.2) is 9.55 Å². The van der Waals surface area contributed by atoms with Crippen molar-refractivity contribution in [1.82, 2.24) is 24.6 Å². The Labute approximate surface area is 216 Å². The van der Waals surface area contributed by atoms with E-state index >= 15 is 0 Å². The van der Waals surface area contributed by atoms with Gasteiger partial charge in [0.25, 0.3) is 0 Å². The van der Waals surface area contributed by atoms with E-state index in [1.54, 1.807) is 32.0 Å². The van der Waals surface area contributed by atoms with Gasteiger partial charge in [-0.05, 0) is 32.9 Å². The average molecular weight is 554 g/mol. The molecule has 0 amide bonds. The Kier molecular flexibility index (Phi) is 7.97. The molecular weight excluding hydrogens is 526 g/mol. The van der Waals surface area contributed by atoms with Gasteiger partial charge in [0.15, 0.2) is 22.7 Å². The third kappa shape index (κ3) is 5.77. The van der Waals surface area contributed by atoms with Crippen molar-refractivity contribution >= 4 is 30.7 Å². The molecule has 5 N–H and O–H groups in total. The first kappa shape index (κ1) is 27.8. The third-order valence-corrected chi connectivity index (χ3v) is 7.23. The molecular formula is C22H28FN6O8P. The second kappa shape index (κ2) is 10.9. The first-order valence-electron chi connectivity index (χ1n) is 11.6. The van der Waals surface area contributed by atoms with Crippen molar-refractivity contribution in [2.45, 2.75) is 50.8 Å². The molecule has 3 aromatic rings. The molecule has 0 spiro atoms. The normalized spacial score (nSPS) is 23.9. The van der Waals surface area contributed by atoms with Gasteiger partial charge in [-0.2, -0.15) is 19.4 Å². The Morgan fingerprint density at radius 1 is 1.34 bits per heavy atom. The summed E-state index contributed by atoms with van der Waals surface area (Å²) in [4.78, 5) is 23.3. The quantitative estimate of drug-likeness (QED) is 0.158. The van der Waals surface area contributed by atoms with E-state index in [1.165, 1.54) is 19.1 Å². The van der Waals surface area contributed by atoms with Crippen molar-refractivity contribution in [2.24, 2.45) is 0 Å². The molecule has 5 atom stereocenters. The standard InChI is InChI=1S/C22H28FN6O8P/c1-12(2)36-20(31)13(3)28-38(33,37-14-7-5-4-6-8-14)35-9-15-17(30)22(32,10-34-15)29-11-25-16-18(24)26-21(23)27-19(16)29/h4-8,11-13,15,17,30,32H,9-10H2,1-3H3,(H,28,33)(H2,24,26,27). The van der Waals surface area contributed by atoms with Crippen molar-refractivity contribution in [3.63, 3.8) is 0 Å². The number of halogens is 1. The van der Waals surface area contributed by atoms with Gasteiger partial charge in [-0.15, -0.1) is 0 Å². The number of aromatic nitrogens is 4. The van der Waals surface area contributed by atoms with Gasteiger partial charge in [0.05, 0.1) is 25.6 Å². The van der Waals surface area contributed by atoms with Crippen LogP contribution in [0.3, 0.4) is 0 Å². The minimum absolute atomic E-state index is 0.0129. The van der Waals surface area contributed by atoms with Crippen LogP contribution in [0.25, 0.3) is 11.2 Å². The number of benzene rings is 1. The Morgan fingerprint density at radius 2 is 2.05 bits per heavy atom. The summed E-state index contributed by atoms with van der Waals surface area (Å²) in [5, 5.41) is 24.7. The number of nitrogens with zero attached hydrogens (tertiary/aromatic N) is 4. The van der Waals surface area contributed by atoms with Crippen molar-refractivity contribution in [2.75, 3.05) is 18.9 Å². The Bertz CT molecular complexity index is 1340. The number of ether oxygens (including phenoxy) is 2. The van der Waals surface area contributed by atoms with Gasteiger partial charge in [0, 0.05) is 0 Å². The molecule has 16 heteroatoms. The number of aliphatic hydroxyl groups is 2. The van der Waals surface area contributed by atoms with Crippen LogP contribution in [-0.2, 0) is 29.1 Å². The Morgan fingerprint density at radius 3 is 2.74 bits per heavy atom. The molecule has 0 aliphatic carbocycles. The summed E-state index contributed by atoms with van der Waals surface area (Å²) in [6.07, 6.45) is -3.35. The lowest BCUT2D eigenvalue weighted by molar-refractivity contribution is -0.149. The van der Waals surface area contributed by atoms with Crippen LogP contribution in [0.4, 0.5) is 10.2 Å². The zero-order chi connectivity index (χ0) is 27.7. The third-order valence-electron chi connectivity index (χ3n) is 5.58. The minimum atomic E-state index is -4.26. The van der Waals surface area contributed by atoms with E-state index in [1.807, 2.05) is 0 Å². The van der Waals surface area contributed by atoms with Crippen molar-refractivity contribution in [1.29, 1.82) is 0 Å². The average Bonchev–Trinajstić information content (AvgIpc) is 3.40. The van der Waals surface area contributed by atoms with E-state index in [0.29, 0.717) is 0 Å². The Balaban J connectivity index is 1.52. The topological polar surface area (TPSA) is 193 Å². The number of rotatable bonds is 10. The minimum Gasteiger partial charge on any atom is -0.462 e. The Hall–Kier alpha value is -3.20. The van der Waals surface area contributed by atoms with E-state index in [9.17, 15) is 24.0 Å². The fourth-order valence-corrected chi connectivity index (χ4v) is 5.24. The second-order valence-corrected chi connectivity index (χ2v) is 10.6. The van der Waals surface area contributed by atoms with Crippen LogP contribution in [0.5, 0.6) is 5.75 Å². The number of fused-ring (bicyclic) bond motifs is 1. The zero-order valence-corrected chi connectivity index (χ0v) is 21.6. The highest BCUT2D eigenvalue weighted by molar-refractivity contribution is 7.52. The van der Waals surface area contributed by atoms with Crippen LogP contribution in [0.1, 0.15) is 20.8 Å². The molecule has 1 aliphatic heterocycles. The van der Waals surface area contributed by atoms with Gasteiger partial charge in [0.2, 0.25) is 0 Å². The number of hydrogen-bond donors (Lipinski definition) is 4. The van der Waals surface area contributed by atoms with Crippen molar-refractivity contribution < 1.29 is 42.5 Å². The monoisotopic (exact) mass is 554 g/mol. The molecule has 5 unspecified atom stereocenters. The van der Waals surface area contributed by atoms with Gasteiger partial charge >= 0.3 is 19.8 Å². The number of para-hydroxylation sites is 1. The number of nitrogen functional groups attached to an aromatic ring is 1. The number of carbonyl (C=O) groups excluding carboxylic acids is 1. The summed E-state index contributed by atoms with van der Waals surface area (Å²) in [7, 11) is -4.26. The number of nitrogens with one attached hydrogen (secondary N) is 1. The van der Waals surface area contributed by atoms with E-state index in [0.717, 1.165) is 10.9 Å². The zero-order valence-electron chi connectivity index (χ0n) is 20.7. The lowest BCUT2D eigenvalue weighted by atomic mass is 10.1. The lowest BCUT2D eigenvalue weighted by Gasteiger charge is -2.28. The fourth-order valence-electron chi connectivity index (χ4n) is 3.74. The molecule has 0 bridgehead atoms. The number of nitrogens with two attached hydrogens (primary N) is 1. The predicted octanol–water partition coefficient (Wildman–Crippen LogP) is 1.09. The molecule has 1 saturated heterocycles. The largest absolute Gasteiger partial charge is 0.462 e. The highest BCUT2D eigenvalue weighted by Gasteiger charge is 2.51. The summed E-state index contributed by atoms with van der Waals surface area (Å²) in [5.74, 6) is -0.757. The summed E-state index contributed by atoms with van der Waals surface area (Å²) < 4.78 is 50.2. The summed E-state index contributed by atoms with van der Waals surface area (Å²) in [5.41, 5.74) is 3.37. The first-order valence-corrected chi connectivity index (χ1v) is 13.1. The molecule has 1 fully saturated rings. The van der Waals surface area contributed by atoms with Crippen molar-refractivity contribution in [3.05, 3.63) is 42.7 Å². The molecule has 3 heterocycles. The number of anilines is 1. The van der Waals surface area contributed by atoms with Crippen LogP contribution in [0.2, 0.25) is 0 Å². The SMILES string of the molecule is CC(C)OC(=O)C(C)NP(=O)(OCC1OCC(O)(n2cnc3c(N)nc(F)nc32)C1O)Oc1ccccc1. The van der Waals surface area contributed by atoms with Crippen LogP contribution in [0, 0.1) is 6.08 Å². The summed E-state index contributed by atoms with van der Waals surface area (Å²) in [6.45, 7) is 3.74. The van der Waals surface area contributed by atoms with E-state index in [-0.39, 0.29) is 22.7 Å². The van der Waals surface area contributed by atoms with Gasteiger partial charge in [0.1, 0.15) is 24.0 Å². The molecule has 2 aromatic heterocycles. The van der Waals surface area contributed by atoms with Crippen LogP contribution < -0.4 is 15.3 Å². The van der Waals surface area contributed by atoms with Crippen LogP contribution in [0.15, 0.2) is 36.7 Å². The maximum absolute atomic E-state index is 13.8. The molecule has 0 radical (unpaired) electrons. The highest BCUT2D eigenvalue weighted by Crippen LogP contribution is 2.46. The number of carbonyl (C=O) groups is 1. The number of esters is 1. The molecule has 1 aliphatic rings. The van der Waals surface area contributed by atoms with Gasteiger partial charge in [-0.3, -0.25) is 13.9 Å². The first-order chi connectivity index (χ1) is 17.9. The summed E-state index contributed by atoms with van der Waals surface area (Å²) in [6, 6.07) is 7.00. The maximum atomic E-state index is 13.8. The molecule has 38 heavy (non-hydrogen) atoms. The predicted molar refractivity (Wildman–Crippen MR) is 130 cm³/mol. The highest BCUT2D eigenvalue weighted by atomic mass is 31.2. The molecule has 0 saturated carbocycles. The molecule has 206 valence electrons. The van der Waals surface area contributed by atoms with Gasteiger partial charge in [-0.1, -0.05) is 18.2 Å². The number of imidazole rings is 1. The molecule has 1 aromatic carbocycles. The van der Waals surface area contributed by atoms with Gasteiger partial charge < -0.3 is 29.9 Å². The van der Waals surface area contributed by atoms with Crippen LogP contribution >= 0.6 is 7.75 Å². The molecule has 14 nitrogen and oxygen atoms in total.